The van der Waals surface area contributed by atoms with Crippen molar-refractivity contribution < 1.29 is 28.6 Å². The number of rotatable bonds is 8. The van der Waals surface area contributed by atoms with Gasteiger partial charge in [-0.15, -0.1) is 0 Å². The van der Waals surface area contributed by atoms with E-state index in [0.717, 1.165) is 10.9 Å². The van der Waals surface area contributed by atoms with Crippen LogP contribution in [0, 0.1) is 0 Å². The molecular formula is C27H28Cl3N3O7Si. The van der Waals surface area contributed by atoms with E-state index in [2.05, 4.69) is 19.6 Å². The number of aromatic nitrogens is 2. The van der Waals surface area contributed by atoms with Crippen LogP contribution in [0.3, 0.4) is 0 Å². The molecule has 3 aromatic rings. The zero-order valence-electron chi connectivity index (χ0n) is 22.7. The van der Waals surface area contributed by atoms with Crippen molar-refractivity contribution in [2.24, 2.45) is 0 Å². The second-order valence-corrected chi connectivity index (χ2v) is 18.0. The van der Waals surface area contributed by atoms with Crippen LogP contribution in [0.5, 0.6) is 11.5 Å². The van der Waals surface area contributed by atoms with E-state index in [0.29, 0.717) is 17.6 Å². The number of imide groups is 1. The molecule has 14 heteroatoms. The van der Waals surface area contributed by atoms with E-state index < -0.39 is 31.7 Å². The number of carbonyl (C=O) groups excluding carboxylic acids is 3. The fourth-order valence-electron chi connectivity index (χ4n) is 4.90. The highest BCUT2D eigenvalue weighted by Crippen LogP contribution is 2.39. The van der Waals surface area contributed by atoms with Gasteiger partial charge in [-0.25, -0.2) is 9.59 Å². The Hall–Kier alpha value is -2.83. The summed E-state index contributed by atoms with van der Waals surface area (Å²) < 4.78 is 19.9. The Morgan fingerprint density at radius 2 is 1.80 bits per heavy atom. The first-order valence-corrected chi connectivity index (χ1v) is 17.9. The molecule has 3 heterocycles. The van der Waals surface area contributed by atoms with Crippen LogP contribution >= 0.6 is 34.8 Å². The first-order valence-electron chi connectivity index (χ1n) is 13.1. The van der Waals surface area contributed by atoms with Crippen molar-refractivity contribution in [3.05, 3.63) is 55.4 Å². The molecule has 41 heavy (non-hydrogen) atoms. The number of ether oxygens (including phenoxy) is 3. The summed E-state index contributed by atoms with van der Waals surface area (Å²) in [4.78, 5) is 54.1. The van der Waals surface area contributed by atoms with Crippen LogP contribution in [-0.4, -0.2) is 59.8 Å². The lowest BCUT2D eigenvalue weighted by Crippen LogP contribution is -2.48. The third-order valence-corrected chi connectivity index (χ3v) is 9.51. The number of imidazole rings is 1. The van der Waals surface area contributed by atoms with Gasteiger partial charge in [-0.3, -0.25) is 23.6 Å². The van der Waals surface area contributed by atoms with Crippen LogP contribution in [0.2, 0.25) is 40.8 Å². The number of hydrogen-bond acceptors (Lipinski definition) is 7. The Balaban J connectivity index is 1.47. The third kappa shape index (κ3) is 5.78. The number of likely N-dealkylation sites (tertiary alicyclic amines) is 1. The maximum Gasteiger partial charge on any atom is 0.347 e. The van der Waals surface area contributed by atoms with E-state index in [-0.39, 0.29) is 70.8 Å². The lowest BCUT2D eigenvalue weighted by molar-refractivity contribution is -0.157. The van der Waals surface area contributed by atoms with Crippen LogP contribution in [0.15, 0.2) is 29.1 Å². The van der Waals surface area contributed by atoms with E-state index in [4.69, 9.17) is 49.0 Å². The molecule has 0 aliphatic carbocycles. The van der Waals surface area contributed by atoms with Crippen LogP contribution in [0.1, 0.15) is 29.2 Å². The van der Waals surface area contributed by atoms with Crippen molar-refractivity contribution in [1.82, 2.24) is 14.0 Å². The van der Waals surface area contributed by atoms with Crippen molar-refractivity contribution in [2.45, 2.75) is 51.1 Å². The van der Waals surface area contributed by atoms with Gasteiger partial charge >= 0.3 is 11.7 Å². The quantitative estimate of drug-likeness (QED) is 0.107. The van der Waals surface area contributed by atoms with Gasteiger partial charge < -0.3 is 14.2 Å². The molecule has 2 aliphatic rings. The van der Waals surface area contributed by atoms with Crippen LogP contribution in [-0.2, 0) is 20.9 Å². The Labute approximate surface area is 251 Å². The third-order valence-electron chi connectivity index (χ3n) is 7.03. The fraction of sp³-hybridized carbons (Fsp3) is 0.407. The summed E-state index contributed by atoms with van der Waals surface area (Å²) in [5.74, 6) is -1.57. The summed E-state index contributed by atoms with van der Waals surface area (Å²) in [6, 6.07) is 5.78. The monoisotopic (exact) mass is 639 g/mol. The number of piperidine rings is 1. The van der Waals surface area contributed by atoms with Crippen LogP contribution in [0.4, 0.5) is 0 Å². The smallest absolute Gasteiger partial charge is 0.347 e. The van der Waals surface area contributed by atoms with Gasteiger partial charge in [-0.05, 0) is 36.7 Å². The Morgan fingerprint density at radius 1 is 1.10 bits per heavy atom. The first-order chi connectivity index (χ1) is 19.4. The molecule has 10 nitrogen and oxygen atoms in total. The minimum Gasteiger partial charge on any atom is -0.489 e. The molecule has 0 spiro atoms. The van der Waals surface area contributed by atoms with Crippen molar-refractivity contribution in [1.29, 1.82) is 0 Å². The minimum atomic E-state index is -1.35. The van der Waals surface area contributed by atoms with Crippen molar-refractivity contribution >= 4 is 71.7 Å². The summed E-state index contributed by atoms with van der Waals surface area (Å²) in [5.41, 5.74) is 0.363. The van der Waals surface area contributed by atoms with E-state index in [9.17, 15) is 19.2 Å². The van der Waals surface area contributed by atoms with Crippen LogP contribution in [0.25, 0.3) is 11.0 Å². The average Bonchev–Trinajstić information content (AvgIpc) is 3.18. The highest BCUT2D eigenvalue weighted by atomic mass is 35.5. The Kier molecular flexibility index (Phi) is 8.28. The number of benzene rings is 2. The van der Waals surface area contributed by atoms with Gasteiger partial charge in [-0.2, -0.15) is 0 Å². The molecule has 1 saturated heterocycles. The lowest BCUT2D eigenvalue weighted by atomic mass is 10.0. The number of carbonyl (C=O) groups is 3. The first kappa shape index (κ1) is 29.7. The number of hydrogen-bond donors (Lipinski definition) is 0. The van der Waals surface area contributed by atoms with Gasteiger partial charge in [-0.1, -0.05) is 54.4 Å². The predicted molar refractivity (Wildman–Crippen MR) is 157 cm³/mol. The average molecular weight is 641 g/mol. The van der Waals surface area contributed by atoms with E-state index in [1.165, 1.54) is 27.3 Å². The number of amides is 2. The van der Waals surface area contributed by atoms with E-state index >= 15 is 0 Å². The fourth-order valence-corrected chi connectivity index (χ4v) is 6.55. The molecule has 1 unspecified atom stereocenters. The van der Waals surface area contributed by atoms with Gasteiger partial charge in [0.1, 0.15) is 30.5 Å². The molecule has 1 fully saturated rings. The van der Waals surface area contributed by atoms with E-state index in [1.807, 2.05) is 0 Å². The summed E-state index contributed by atoms with van der Waals surface area (Å²) >= 11 is 18.3. The summed E-state index contributed by atoms with van der Waals surface area (Å²) in [5, 5.41) is 0.378. The van der Waals surface area contributed by atoms with E-state index in [1.54, 1.807) is 6.07 Å². The molecule has 0 N–H and O–H groups in total. The standard InChI is InChI=1S/C27H28Cl3N3O7Si/c1-41(2,3)11-10-38-14-32-21(34)7-6-20(25(32)35)33-19-5-4-16(23-22(19)31(27(33)37)8-9-39-23)26(36)40-24-17(29)12-15(28)13-18(24)30/h4-5,12-13,20H,6-11,14H2,1-3H3. The molecule has 1 aromatic heterocycles. The number of halogens is 3. The number of nitrogens with zero attached hydrogens (tertiary/aromatic N) is 3. The molecule has 0 bridgehead atoms. The van der Waals surface area contributed by atoms with Crippen LogP contribution < -0.4 is 15.2 Å². The Bertz CT molecular complexity index is 1610. The normalized spacial score (nSPS) is 17.2. The van der Waals surface area contributed by atoms with Gasteiger partial charge in [0, 0.05) is 26.1 Å². The number of esters is 1. The van der Waals surface area contributed by atoms with Gasteiger partial charge in [0.25, 0.3) is 5.91 Å². The molecule has 0 saturated carbocycles. The van der Waals surface area contributed by atoms with Gasteiger partial charge in [0.2, 0.25) is 5.91 Å². The molecule has 5 rings (SSSR count). The topological polar surface area (TPSA) is 109 Å². The zero-order chi connectivity index (χ0) is 29.6. The predicted octanol–water partition coefficient (Wildman–Crippen LogP) is 5.38. The van der Waals surface area contributed by atoms with Crippen molar-refractivity contribution in [3.8, 4) is 11.5 Å². The van der Waals surface area contributed by atoms with Gasteiger partial charge in [0.05, 0.1) is 22.1 Å². The largest absolute Gasteiger partial charge is 0.489 e. The Morgan fingerprint density at radius 3 is 2.49 bits per heavy atom. The molecule has 218 valence electrons. The molecule has 0 radical (unpaired) electrons. The summed E-state index contributed by atoms with van der Waals surface area (Å²) in [6.45, 7) is 7.25. The van der Waals surface area contributed by atoms with Gasteiger partial charge in [0.15, 0.2) is 11.5 Å². The van der Waals surface area contributed by atoms with Crippen molar-refractivity contribution in [3.63, 3.8) is 0 Å². The highest BCUT2D eigenvalue weighted by Gasteiger charge is 2.39. The maximum atomic E-state index is 13.6. The second-order valence-electron chi connectivity index (χ2n) is 11.1. The zero-order valence-corrected chi connectivity index (χ0v) is 25.9. The maximum absolute atomic E-state index is 13.6. The van der Waals surface area contributed by atoms with Crippen molar-refractivity contribution in [2.75, 3.05) is 19.9 Å². The molecule has 2 amide bonds. The highest BCUT2D eigenvalue weighted by molar-refractivity contribution is 6.76. The SMILES string of the molecule is C[Si](C)(C)CCOCN1C(=O)CCC(n2c(=O)n3c4c(c(C(=O)Oc5c(Cl)cc(Cl)cc5Cl)ccc42)OCC3)C1=O. The molecule has 2 aliphatic heterocycles. The molecule has 2 aromatic carbocycles. The lowest BCUT2D eigenvalue weighted by Gasteiger charge is -2.31. The summed E-state index contributed by atoms with van der Waals surface area (Å²) in [7, 11) is -1.35. The molecular weight excluding hydrogens is 613 g/mol. The molecule has 1 atom stereocenters. The summed E-state index contributed by atoms with van der Waals surface area (Å²) in [6.07, 6.45) is 0.249. The minimum absolute atomic E-state index is 0.0488. The second kappa shape index (κ2) is 11.4.